The summed E-state index contributed by atoms with van der Waals surface area (Å²) in [6.45, 7) is 1.46. The van der Waals surface area contributed by atoms with Gasteiger partial charge in [-0.2, -0.15) is 0 Å². The predicted octanol–water partition coefficient (Wildman–Crippen LogP) is 6.93. The van der Waals surface area contributed by atoms with Gasteiger partial charge in [0.25, 0.3) is 0 Å². The SMILES string of the molecule is CC(=O)OI(C)c1ccccc1.Ic1ccccc1.O=Ic1ccccc1. The number of carbonyl (C=O) groups excluding carboxylic acids is 1. The number of alkyl halides is 1. The number of carbonyl (C=O) groups is 1. The third-order valence-corrected chi connectivity index (χ3v) is 8.52. The Morgan fingerprint density at radius 2 is 1.30 bits per heavy atom. The molecule has 3 aromatic carbocycles. The first kappa shape index (κ1) is 24.2. The van der Waals surface area contributed by atoms with Crippen molar-refractivity contribution in [3.63, 3.8) is 0 Å². The third-order valence-electron chi connectivity index (χ3n) is 2.82. The molecule has 3 nitrogen and oxygen atoms in total. The smallest absolute Gasteiger partial charge is 0.182 e. The second kappa shape index (κ2) is 15.1. The summed E-state index contributed by atoms with van der Waals surface area (Å²) >= 11 is -0.297. The molecule has 3 rings (SSSR count). The first-order chi connectivity index (χ1) is 13.0. The molecule has 0 fully saturated rings. The van der Waals surface area contributed by atoms with Crippen LogP contribution in [0.5, 0.6) is 0 Å². The van der Waals surface area contributed by atoms with Crippen LogP contribution in [0.3, 0.4) is 0 Å². The molecule has 0 atom stereocenters. The summed E-state index contributed by atoms with van der Waals surface area (Å²) in [4.78, 5) is 12.7. The van der Waals surface area contributed by atoms with Crippen molar-refractivity contribution in [3.05, 3.63) is 102 Å². The molecule has 144 valence electrons. The van der Waals surface area contributed by atoms with Crippen molar-refractivity contribution in [2.45, 2.75) is 6.92 Å². The van der Waals surface area contributed by atoms with Crippen molar-refractivity contribution in [1.29, 1.82) is 0 Å². The maximum absolute atomic E-state index is 10.6. The normalized spacial score (nSPS) is 9.67. The van der Waals surface area contributed by atoms with E-state index in [1.54, 1.807) is 0 Å². The largest absolute Gasteiger partial charge is 0.265 e. The average molecular weight is 702 g/mol. The van der Waals surface area contributed by atoms with Crippen LogP contribution in [0.2, 0.25) is 0 Å². The van der Waals surface area contributed by atoms with Gasteiger partial charge in [-0.05, 0) is 46.9 Å². The van der Waals surface area contributed by atoms with E-state index in [-0.39, 0.29) is 5.97 Å². The fraction of sp³-hybridized carbons (Fsp3) is 0.0952. The van der Waals surface area contributed by atoms with E-state index in [9.17, 15) is 7.86 Å². The molecule has 0 aliphatic carbocycles. The zero-order chi connectivity index (χ0) is 19.9. The van der Waals surface area contributed by atoms with Crippen LogP contribution >= 0.6 is 64.0 Å². The number of halogens is 3. The van der Waals surface area contributed by atoms with Gasteiger partial charge in [-0.25, -0.2) is 0 Å². The Labute approximate surface area is 192 Å². The molecule has 0 saturated carbocycles. The predicted molar refractivity (Wildman–Crippen MR) is 136 cm³/mol. The summed E-state index contributed by atoms with van der Waals surface area (Å²) in [7, 11) is 0. The maximum atomic E-state index is 10.6. The Bertz CT molecular complexity index is 782. The first-order valence-corrected chi connectivity index (χ1v) is 15.0. The van der Waals surface area contributed by atoms with Crippen LogP contribution in [0.15, 0.2) is 91.0 Å². The minimum absolute atomic E-state index is 0.174. The number of hydrogen-bond acceptors (Lipinski definition) is 3. The summed E-state index contributed by atoms with van der Waals surface area (Å²) in [5.74, 6) is -0.174. The van der Waals surface area contributed by atoms with Crippen LogP contribution < -0.4 is 0 Å². The number of rotatable bonds is 3. The van der Waals surface area contributed by atoms with Crippen molar-refractivity contribution in [2.24, 2.45) is 0 Å². The summed E-state index contributed by atoms with van der Waals surface area (Å²) in [5.41, 5.74) is 0. The van der Waals surface area contributed by atoms with E-state index in [1.165, 1.54) is 14.1 Å². The van der Waals surface area contributed by atoms with Gasteiger partial charge in [-0.3, -0.25) is 3.07 Å². The molecule has 0 aliphatic heterocycles. The average Bonchev–Trinajstić information content (AvgIpc) is 2.70. The van der Waals surface area contributed by atoms with Crippen molar-refractivity contribution in [1.82, 2.24) is 0 Å². The van der Waals surface area contributed by atoms with Crippen LogP contribution in [-0.2, 0) is 10.9 Å². The zero-order valence-electron chi connectivity index (χ0n) is 15.0. The van der Waals surface area contributed by atoms with Gasteiger partial charge < -0.3 is 0 Å². The minimum atomic E-state index is -1.64. The molecule has 0 radical (unpaired) electrons. The molecule has 0 saturated heterocycles. The molecule has 27 heavy (non-hydrogen) atoms. The monoisotopic (exact) mass is 702 g/mol. The Morgan fingerprint density at radius 3 is 1.63 bits per heavy atom. The summed E-state index contributed by atoms with van der Waals surface area (Å²) in [6.07, 6.45) is 0. The van der Waals surface area contributed by atoms with Gasteiger partial charge in [0.15, 0.2) is 21.2 Å². The van der Waals surface area contributed by atoms with E-state index < -0.39 is 41.4 Å². The molecular weight excluding hydrogens is 681 g/mol. The van der Waals surface area contributed by atoms with Crippen molar-refractivity contribution < 1.29 is 10.9 Å². The van der Waals surface area contributed by atoms with Gasteiger partial charge in [-0.1, -0.05) is 36.4 Å². The fourth-order valence-electron chi connectivity index (χ4n) is 1.68. The van der Waals surface area contributed by atoms with Crippen LogP contribution in [0.4, 0.5) is 0 Å². The molecule has 0 amide bonds. The van der Waals surface area contributed by atoms with Crippen molar-refractivity contribution in [3.8, 4) is 0 Å². The number of hydrogen-bond donors (Lipinski definition) is 0. The minimum Gasteiger partial charge on any atom is -0.265 e. The van der Waals surface area contributed by atoms with Gasteiger partial charge in [0.1, 0.15) is 0 Å². The van der Waals surface area contributed by atoms with Gasteiger partial charge >= 0.3 is 79.8 Å². The zero-order valence-corrected chi connectivity index (χ0v) is 21.5. The van der Waals surface area contributed by atoms with Gasteiger partial charge in [0.2, 0.25) is 0 Å². The van der Waals surface area contributed by atoms with E-state index in [0.717, 1.165) is 3.57 Å². The quantitative estimate of drug-likeness (QED) is 0.220. The summed E-state index contributed by atoms with van der Waals surface area (Å²) in [5, 5.41) is 0. The van der Waals surface area contributed by atoms with Crippen molar-refractivity contribution >= 4 is 70.0 Å². The van der Waals surface area contributed by atoms with Gasteiger partial charge in [0, 0.05) is 7.14 Å². The van der Waals surface area contributed by atoms with Crippen molar-refractivity contribution in [2.75, 3.05) is 4.93 Å². The van der Waals surface area contributed by atoms with E-state index in [2.05, 4.69) is 34.7 Å². The molecule has 0 bridgehead atoms. The second-order valence-corrected chi connectivity index (χ2v) is 12.0. The Balaban J connectivity index is 0.000000212. The van der Waals surface area contributed by atoms with Gasteiger partial charge in [-0.15, -0.1) is 0 Å². The summed E-state index contributed by atoms with van der Waals surface area (Å²) < 4.78 is 18.8. The standard InChI is InChI=1S/C9H11IO2.C6H5IO.C6H5I/c1-8(11)12-10(2)9-6-4-3-5-7-9;8-7-6-4-2-1-3-5-6;7-6-4-2-1-3-5-6/h3-7H,1-2H3;1-5H;1-5H. The molecular formula is C21H21I3O3. The topological polar surface area (TPSA) is 43.4 Å². The van der Waals surface area contributed by atoms with E-state index in [4.69, 9.17) is 3.07 Å². The van der Waals surface area contributed by atoms with E-state index >= 15 is 0 Å². The molecule has 0 N–H and O–H groups in total. The molecule has 0 unspecified atom stereocenters. The van der Waals surface area contributed by atoms with Crippen LogP contribution in [0.1, 0.15) is 6.92 Å². The molecule has 0 spiro atoms. The van der Waals surface area contributed by atoms with Crippen LogP contribution in [0.25, 0.3) is 0 Å². The fourth-order valence-corrected chi connectivity index (χ4v) is 5.42. The Kier molecular flexibility index (Phi) is 13.5. The van der Waals surface area contributed by atoms with Gasteiger partial charge in [0.05, 0.1) is 0 Å². The molecule has 0 heterocycles. The van der Waals surface area contributed by atoms with Crippen LogP contribution in [0, 0.1) is 10.7 Å². The first-order valence-electron chi connectivity index (χ1n) is 7.89. The van der Waals surface area contributed by atoms with E-state index in [1.807, 2.05) is 83.8 Å². The summed E-state index contributed by atoms with van der Waals surface area (Å²) in [6, 6.07) is 29.6. The number of benzene rings is 3. The molecule has 3 aromatic rings. The van der Waals surface area contributed by atoms with Crippen LogP contribution in [-0.4, -0.2) is 10.9 Å². The Morgan fingerprint density at radius 1 is 0.852 bits per heavy atom. The molecule has 0 aromatic heterocycles. The molecule has 0 aliphatic rings. The Hall–Kier alpha value is -0.880. The van der Waals surface area contributed by atoms with E-state index in [0.29, 0.717) is 0 Å². The molecule has 6 heteroatoms. The maximum Gasteiger partial charge on any atom is 0.182 e. The third kappa shape index (κ3) is 12.2. The second-order valence-electron chi connectivity index (χ2n) is 4.95.